The van der Waals surface area contributed by atoms with Crippen LogP contribution in [0.25, 0.3) is 0 Å². The van der Waals surface area contributed by atoms with Crippen LogP contribution in [0, 0.1) is 5.92 Å². The average Bonchev–Trinajstić information content (AvgIpc) is 3.63. The number of fused-ring (bicyclic) bond motifs is 1. The lowest BCUT2D eigenvalue weighted by atomic mass is 9.85. The largest absolute Gasteiger partial charge is 0.471 e. The fourth-order valence-electron chi connectivity index (χ4n) is 5.49. The van der Waals surface area contributed by atoms with E-state index in [2.05, 4.69) is 31.0 Å². The first-order chi connectivity index (χ1) is 23.4. The van der Waals surface area contributed by atoms with Crippen molar-refractivity contribution >= 4 is 52.4 Å². The molecular formula is C30H27Cl2F8N7O3. The van der Waals surface area contributed by atoms with Gasteiger partial charge in [-0.3, -0.25) is 14.3 Å². The van der Waals surface area contributed by atoms with E-state index in [4.69, 9.17) is 27.9 Å². The quantitative estimate of drug-likeness (QED) is 0.198. The van der Waals surface area contributed by atoms with Crippen LogP contribution in [0.2, 0.25) is 10.0 Å². The first-order valence-electron chi connectivity index (χ1n) is 14.9. The molecule has 0 atom stereocenters. The summed E-state index contributed by atoms with van der Waals surface area (Å²) < 4.78 is 110. The van der Waals surface area contributed by atoms with Crippen molar-refractivity contribution in [1.29, 1.82) is 0 Å². The van der Waals surface area contributed by atoms with Gasteiger partial charge in [0.25, 0.3) is 18.2 Å². The van der Waals surface area contributed by atoms with Gasteiger partial charge in [0.15, 0.2) is 18.1 Å². The lowest BCUT2D eigenvalue weighted by Gasteiger charge is -2.30. The van der Waals surface area contributed by atoms with Crippen LogP contribution in [0.15, 0.2) is 29.3 Å². The van der Waals surface area contributed by atoms with Crippen molar-refractivity contribution in [3.05, 3.63) is 62.4 Å². The summed E-state index contributed by atoms with van der Waals surface area (Å²) in [6.07, 6.45) is -12.1. The maximum absolute atomic E-state index is 13.2. The number of anilines is 1. The Kier molecular flexibility index (Phi) is 10.8. The van der Waals surface area contributed by atoms with E-state index < -0.39 is 60.7 Å². The van der Waals surface area contributed by atoms with Gasteiger partial charge in [-0.25, -0.2) is 13.8 Å². The summed E-state index contributed by atoms with van der Waals surface area (Å²) in [5.41, 5.74) is -0.930. The van der Waals surface area contributed by atoms with Crippen LogP contribution < -0.4 is 20.7 Å². The number of aromatic nitrogens is 3. The maximum atomic E-state index is 13.2. The summed E-state index contributed by atoms with van der Waals surface area (Å²) in [6.45, 7) is -1.30. The van der Waals surface area contributed by atoms with Gasteiger partial charge in [-0.05, 0) is 43.4 Å². The van der Waals surface area contributed by atoms with Crippen LogP contribution in [-0.2, 0) is 26.2 Å². The number of nitrogens with one attached hydrogen (secondary N) is 3. The van der Waals surface area contributed by atoms with Gasteiger partial charge in [-0.2, -0.15) is 36.4 Å². The zero-order valence-corrected chi connectivity index (χ0v) is 27.3. The Morgan fingerprint density at radius 3 is 2.36 bits per heavy atom. The van der Waals surface area contributed by atoms with Crippen molar-refractivity contribution in [3.8, 4) is 5.88 Å². The molecule has 3 N–H and O–H groups in total. The number of halogens is 10. The SMILES string of the molecule is Cn1nc(C(F)(F)F)cc1C(=O)NCc1ccc(Cl)c(NC2=Nc3nc(OCC(F)F)c(C(=O)NC4CCC(C(F)(F)F)CC4)cc3C2)c1Cl. The fourth-order valence-corrected chi connectivity index (χ4v) is 6.03. The molecule has 2 amide bonds. The monoisotopic (exact) mass is 755 g/mol. The second-order valence-electron chi connectivity index (χ2n) is 11.6. The summed E-state index contributed by atoms with van der Waals surface area (Å²) in [4.78, 5) is 34.3. The van der Waals surface area contributed by atoms with E-state index >= 15 is 0 Å². The van der Waals surface area contributed by atoms with E-state index in [0.29, 0.717) is 17.2 Å². The summed E-state index contributed by atoms with van der Waals surface area (Å²) in [5, 5.41) is 11.6. The number of aryl methyl sites for hydroxylation is 1. The topological polar surface area (TPSA) is 123 Å². The zero-order valence-electron chi connectivity index (χ0n) is 25.8. The second kappa shape index (κ2) is 14.6. The molecule has 0 radical (unpaired) electrons. The lowest BCUT2D eigenvalue weighted by molar-refractivity contribution is -0.182. The molecule has 20 heteroatoms. The minimum absolute atomic E-state index is 0.0315. The number of nitrogens with zero attached hydrogens (tertiary/aromatic N) is 4. The highest BCUT2D eigenvalue weighted by Crippen LogP contribution is 2.39. The Bertz CT molecular complexity index is 1810. The number of alkyl halides is 8. The Labute approximate surface area is 288 Å². The molecule has 1 saturated carbocycles. The molecule has 10 nitrogen and oxygen atoms in total. The number of pyridine rings is 1. The highest BCUT2D eigenvalue weighted by Gasteiger charge is 2.42. The van der Waals surface area contributed by atoms with Gasteiger partial charge in [0, 0.05) is 37.7 Å². The summed E-state index contributed by atoms with van der Waals surface area (Å²) in [7, 11) is 1.19. The molecule has 3 heterocycles. The third kappa shape index (κ3) is 8.57. The van der Waals surface area contributed by atoms with Crippen molar-refractivity contribution in [2.24, 2.45) is 18.0 Å². The van der Waals surface area contributed by atoms with Crippen LogP contribution in [-0.4, -0.2) is 57.7 Å². The second-order valence-corrected chi connectivity index (χ2v) is 12.3. The van der Waals surface area contributed by atoms with E-state index in [1.165, 1.54) is 25.2 Å². The van der Waals surface area contributed by atoms with Crippen molar-refractivity contribution < 1.29 is 49.4 Å². The van der Waals surface area contributed by atoms with Gasteiger partial charge in [0.2, 0.25) is 5.88 Å². The number of rotatable bonds is 9. The Balaban J connectivity index is 1.29. The Morgan fingerprint density at radius 1 is 1.04 bits per heavy atom. The summed E-state index contributed by atoms with van der Waals surface area (Å²) in [5.74, 6) is -3.27. The van der Waals surface area contributed by atoms with Crippen LogP contribution in [0.5, 0.6) is 5.88 Å². The molecule has 0 unspecified atom stereocenters. The first-order valence-corrected chi connectivity index (χ1v) is 15.7. The molecule has 2 aromatic heterocycles. The van der Waals surface area contributed by atoms with Gasteiger partial charge in [0.05, 0.1) is 21.7 Å². The standard InChI is InChI=1S/C30H27Cl2F8N7O3/c1-47-19(10-20(46-47)30(38,39)40)27(49)41-11-13-2-7-18(31)24(23(13)32)43-22-9-14-8-17(28(45-25(14)44-22)50-12-21(33)34)26(48)42-16-5-3-15(4-6-16)29(35,36)37/h2,7-8,10,15-16,21H,3-6,9,11-12H2,1H3,(H,41,49)(H,42,48)(H,43,44,45). The van der Waals surface area contributed by atoms with Crippen LogP contribution in [0.3, 0.4) is 0 Å². The fraction of sp³-hybridized carbons (Fsp3) is 0.433. The number of carbonyl (C=O) groups is 2. The number of ether oxygens (including phenoxy) is 1. The van der Waals surface area contributed by atoms with Crippen LogP contribution in [0.1, 0.15) is 63.4 Å². The predicted molar refractivity (Wildman–Crippen MR) is 165 cm³/mol. The van der Waals surface area contributed by atoms with Gasteiger partial charge >= 0.3 is 12.4 Å². The lowest BCUT2D eigenvalue weighted by Crippen LogP contribution is -2.40. The van der Waals surface area contributed by atoms with E-state index in [0.717, 1.165) is 4.68 Å². The molecule has 0 bridgehead atoms. The first kappa shape index (κ1) is 37.1. The number of amides is 2. The van der Waals surface area contributed by atoms with Gasteiger partial charge < -0.3 is 20.7 Å². The molecule has 1 fully saturated rings. The van der Waals surface area contributed by atoms with E-state index in [-0.39, 0.29) is 77.3 Å². The smallest absolute Gasteiger partial charge is 0.435 e. The predicted octanol–water partition coefficient (Wildman–Crippen LogP) is 7.26. The molecule has 1 aliphatic carbocycles. The molecule has 270 valence electrons. The molecule has 2 aliphatic rings. The van der Waals surface area contributed by atoms with Gasteiger partial charge in [-0.15, -0.1) is 0 Å². The normalized spacial score (nSPS) is 17.7. The summed E-state index contributed by atoms with van der Waals surface area (Å²) in [6, 6.07) is 4.31. The minimum atomic E-state index is -4.75. The Hall–Kier alpha value is -4.19. The van der Waals surface area contributed by atoms with Crippen molar-refractivity contribution in [2.45, 2.75) is 63.5 Å². The Morgan fingerprint density at radius 2 is 1.74 bits per heavy atom. The number of hydrogen-bond acceptors (Lipinski definition) is 7. The minimum Gasteiger partial charge on any atom is -0.471 e. The highest BCUT2D eigenvalue weighted by molar-refractivity contribution is 6.40. The maximum Gasteiger partial charge on any atom is 0.435 e. The van der Waals surface area contributed by atoms with E-state index in [1.54, 1.807) is 0 Å². The molecule has 0 saturated heterocycles. The summed E-state index contributed by atoms with van der Waals surface area (Å²) >= 11 is 13.0. The molecule has 1 aromatic carbocycles. The van der Waals surface area contributed by atoms with Crippen LogP contribution in [0.4, 0.5) is 46.6 Å². The van der Waals surface area contributed by atoms with Crippen molar-refractivity contribution in [2.75, 3.05) is 11.9 Å². The third-order valence-electron chi connectivity index (χ3n) is 8.04. The zero-order chi connectivity index (χ0) is 36.5. The van der Waals surface area contributed by atoms with Gasteiger partial charge in [0.1, 0.15) is 17.1 Å². The van der Waals surface area contributed by atoms with Crippen LogP contribution >= 0.6 is 23.2 Å². The van der Waals surface area contributed by atoms with E-state index in [1.807, 2.05) is 0 Å². The van der Waals surface area contributed by atoms with Gasteiger partial charge in [-0.1, -0.05) is 29.3 Å². The number of amidine groups is 1. The number of carbonyl (C=O) groups excluding carboxylic acids is 2. The molecular weight excluding hydrogens is 729 g/mol. The third-order valence-corrected chi connectivity index (χ3v) is 8.79. The van der Waals surface area contributed by atoms with Crippen molar-refractivity contribution in [1.82, 2.24) is 25.4 Å². The highest BCUT2D eigenvalue weighted by atomic mass is 35.5. The number of benzene rings is 1. The van der Waals surface area contributed by atoms with E-state index in [9.17, 15) is 44.7 Å². The molecule has 50 heavy (non-hydrogen) atoms. The molecule has 0 spiro atoms. The number of hydrogen-bond donors (Lipinski definition) is 3. The molecule has 1 aliphatic heterocycles. The molecule has 5 rings (SSSR count). The average molecular weight is 756 g/mol. The number of aliphatic imine (C=N–C) groups is 1. The molecule has 3 aromatic rings. The van der Waals surface area contributed by atoms with Crippen molar-refractivity contribution in [3.63, 3.8) is 0 Å².